The molecule has 3 nitrogen and oxygen atoms in total. The molecular weight excluding hydrogens is 295 g/mol. The van der Waals surface area contributed by atoms with Gasteiger partial charge in [-0.3, -0.25) is 4.98 Å². The number of aromatic nitrogens is 1. The Morgan fingerprint density at radius 3 is 2.85 bits per heavy atom. The van der Waals surface area contributed by atoms with Gasteiger partial charge in [0.15, 0.2) is 0 Å². The van der Waals surface area contributed by atoms with Gasteiger partial charge in [0.2, 0.25) is 0 Å². The highest BCUT2D eigenvalue weighted by Crippen LogP contribution is 2.26. The van der Waals surface area contributed by atoms with Gasteiger partial charge in [-0.2, -0.15) is 0 Å². The normalized spacial score (nSPS) is 12.4. The molecule has 0 saturated heterocycles. The van der Waals surface area contributed by atoms with Crippen molar-refractivity contribution in [3.8, 4) is 0 Å². The fourth-order valence-corrected chi connectivity index (χ4v) is 2.35. The van der Waals surface area contributed by atoms with Gasteiger partial charge < -0.3 is 10.4 Å². The van der Waals surface area contributed by atoms with Crippen LogP contribution in [-0.2, 0) is 6.54 Å². The molecule has 20 heavy (non-hydrogen) atoms. The number of nitrogens with one attached hydrogen (secondary N) is 1. The third-order valence-electron chi connectivity index (χ3n) is 3.11. The first-order valence-corrected chi connectivity index (χ1v) is 7.06. The predicted molar refractivity (Wildman–Crippen MR) is 82.1 cm³/mol. The van der Waals surface area contributed by atoms with Crippen LogP contribution < -0.4 is 5.32 Å². The van der Waals surface area contributed by atoms with Gasteiger partial charge in [-0.25, -0.2) is 0 Å². The fraction of sp³-hybridized carbons (Fsp3) is 0.267. The van der Waals surface area contributed by atoms with Crippen LogP contribution in [0.2, 0.25) is 10.0 Å². The number of rotatable bonds is 5. The number of aliphatic hydroxyl groups is 1. The van der Waals surface area contributed by atoms with Crippen LogP contribution in [0.25, 0.3) is 0 Å². The van der Waals surface area contributed by atoms with Gasteiger partial charge in [-0.15, -0.1) is 0 Å². The number of hydrogen-bond acceptors (Lipinski definition) is 3. The van der Waals surface area contributed by atoms with E-state index in [-0.39, 0.29) is 0 Å². The van der Waals surface area contributed by atoms with E-state index in [0.717, 1.165) is 11.1 Å². The second-order valence-electron chi connectivity index (χ2n) is 4.61. The van der Waals surface area contributed by atoms with Gasteiger partial charge in [0, 0.05) is 41.1 Å². The van der Waals surface area contributed by atoms with E-state index in [9.17, 15) is 5.11 Å². The molecule has 106 valence electrons. The summed E-state index contributed by atoms with van der Waals surface area (Å²) in [5, 5.41) is 14.4. The molecule has 0 saturated carbocycles. The molecular formula is C15H16Cl2N2O. The lowest BCUT2D eigenvalue weighted by molar-refractivity contribution is 0.174. The molecule has 0 aliphatic rings. The van der Waals surface area contributed by atoms with Crippen molar-refractivity contribution >= 4 is 23.2 Å². The lowest BCUT2D eigenvalue weighted by Crippen LogP contribution is -2.21. The van der Waals surface area contributed by atoms with Crippen molar-refractivity contribution in [2.45, 2.75) is 19.6 Å². The first kappa shape index (κ1) is 15.3. The topological polar surface area (TPSA) is 45.2 Å². The van der Waals surface area contributed by atoms with Crippen LogP contribution in [0.5, 0.6) is 0 Å². The summed E-state index contributed by atoms with van der Waals surface area (Å²) in [7, 11) is 0. The second kappa shape index (κ2) is 7.04. The van der Waals surface area contributed by atoms with Gasteiger partial charge in [0.05, 0.1) is 6.10 Å². The summed E-state index contributed by atoms with van der Waals surface area (Å²) in [5.41, 5.74) is 2.91. The van der Waals surface area contributed by atoms with Crippen molar-refractivity contribution in [1.82, 2.24) is 10.3 Å². The first-order chi connectivity index (χ1) is 9.58. The van der Waals surface area contributed by atoms with Crippen LogP contribution in [0.3, 0.4) is 0 Å². The highest BCUT2D eigenvalue weighted by atomic mass is 35.5. The standard InChI is InChI=1S/C15H16Cl2N2O/c1-10-7-18-5-4-11(10)8-19-9-15(20)13-6-12(16)2-3-14(13)17/h2-7,15,19-20H,8-9H2,1H3. The molecule has 0 spiro atoms. The number of hydrogen-bond donors (Lipinski definition) is 2. The SMILES string of the molecule is Cc1cnccc1CNCC(O)c1cc(Cl)ccc1Cl. The molecule has 0 amide bonds. The monoisotopic (exact) mass is 310 g/mol. The highest BCUT2D eigenvalue weighted by molar-refractivity contribution is 6.33. The van der Waals surface area contributed by atoms with Crippen LogP contribution in [0, 0.1) is 6.92 Å². The molecule has 1 aromatic carbocycles. The number of halogens is 2. The summed E-state index contributed by atoms with van der Waals surface area (Å²) in [6, 6.07) is 7.04. The summed E-state index contributed by atoms with van der Waals surface area (Å²) in [6.45, 7) is 3.08. The zero-order valence-corrected chi connectivity index (χ0v) is 12.6. The zero-order chi connectivity index (χ0) is 14.5. The fourth-order valence-electron chi connectivity index (χ4n) is 1.92. The van der Waals surface area contributed by atoms with E-state index in [1.165, 1.54) is 0 Å². The lowest BCUT2D eigenvalue weighted by atomic mass is 10.1. The van der Waals surface area contributed by atoms with E-state index < -0.39 is 6.10 Å². The maximum atomic E-state index is 10.2. The Hall–Kier alpha value is -1.13. The number of benzene rings is 1. The van der Waals surface area contributed by atoms with Crippen LogP contribution in [0.15, 0.2) is 36.7 Å². The Morgan fingerprint density at radius 1 is 1.30 bits per heavy atom. The zero-order valence-electron chi connectivity index (χ0n) is 11.1. The van der Waals surface area contributed by atoms with Crippen LogP contribution in [0.1, 0.15) is 22.8 Å². The molecule has 0 fully saturated rings. The molecule has 1 aromatic heterocycles. The number of pyridine rings is 1. The van der Waals surface area contributed by atoms with E-state index >= 15 is 0 Å². The summed E-state index contributed by atoms with van der Waals surface area (Å²) < 4.78 is 0. The molecule has 1 atom stereocenters. The summed E-state index contributed by atoms with van der Waals surface area (Å²) in [4.78, 5) is 4.05. The molecule has 2 aromatic rings. The smallest absolute Gasteiger partial charge is 0.0929 e. The third kappa shape index (κ3) is 3.93. The summed E-state index contributed by atoms with van der Waals surface area (Å²) in [6.07, 6.45) is 2.89. The Morgan fingerprint density at radius 2 is 2.10 bits per heavy atom. The average Bonchev–Trinajstić information content (AvgIpc) is 2.43. The third-order valence-corrected chi connectivity index (χ3v) is 3.69. The van der Waals surface area contributed by atoms with Gasteiger partial charge in [0.1, 0.15) is 0 Å². The minimum atomic E-state index is -0.691. The second-order valence-corrected chi connectivity index (χ2v) is 5.46. The van der Waals surface area contributed by atoms with Crippen LogP contribution in [-0.4, -0.2) is 16.6 Å². The minimum Gasteiger partial charge on any atom is -0.387 e. The van der Waals surface area contributed by atoms with Crippen molar-refractivity contribution in [3.63, 3.8) is 0 Å². The molecule has 0 bridgehead atoms. The largest absolute Gasteiger partial charge is 0.387 e. The van der Waals surface area contributed by atoms with Crippen LogP contribution >= 0.6 is 23.2 Å². The van der Waals surface area contributed by atoms with Crippen molar-refractivity contribution in [2.75, 3.05) is 6.54 Å². The molecule has 1 unspecified atom stereocenters. The molecule has 0 aliphatic heterocycles. The van der Waals surface area contributed by atoms with Crippen molar-refractivity contribution < 1.29 is 5.11 Å². The van der Waals surface area contributed by atoms with E-state index in [1.54, 1.807) is 24.4 Å². The molecule has 2 rings (SSSR count). The van der Waals surface area contributed by atoms with Gasteiger partial charge in [-0.05, 0) is 42.3 Å². The predicted octanol–water partition coefficient (Wildman–Crippen LogP) is 3.52. The van der Waals surface area contributed by atoms with E-state index in [0.29, 0.717) is 28.7 Å². The van der Waals surface area contributed by atoms with E-state index in [2.05, 4.69) is 10.3 Å². The number of aliphatic hydroxyl groups excluding tert-OH is 1. The number of nitrogens with zero attached hydrogens (tertiary/aromatic N) is 1. The van der Waals surface area contributed by atoms with Gasteiger partial charge >= 0.3 is 0 Å². The molecule has 2 N–H and O–H groups in total. The Labute approximate surface area is 128 Å². The van der Waals surface area contributed by atoms with Crippen LogP contribution in [0.4, 0.5) is 0 Å². The Bertz CT molecular complexity index is 590. The molecule has 1 heterocycles. The van der Waals surface area contributed by atoms with Gasteiger partial charge in [-0.1, -0.05) is 23.2 Å². The maximum Gasteiger partial charge on any atom is 0.0929 e. The highest BCUT2D eigenvalue weighted by Gasteiger charge is 2.12. The lowest BCUT2D eigenvalue weighted by Gasteiger charge is -2.14. The van der Waals surface area contributed by atoms with E-state index in [4.69, 9.17) is 23.2 Å². The van der Waals surface area contributed by atoms with Gasteiger partial charge in [0.25, 0.3) is 0 Å². The first-order valence-electron chi connectivity index (χ1n) is 6.31. The Balaban J connectivity index is 1.94. The molecule has 5 heteroatoms. The maximum absolute atomic E-state index is 10.2. The summed E-state index contributed by atoms with van der Waals surface area (Å²) in [5.74, 6) is 0. The quantitative estimate of drug-likeness (QED) is 0.888. The van der Waals surface area contributed by atoms with Crippen molar-refractivity contribution in [1.29, 1.82) is 0 Å². The van der Waals surface area contributed by atoms with E-state index in [1.807, 2.05) is 19.2 Å². The number of aryl methyl sites for hydroxylation is 1. The summed E-state index contributed by atoms with van der Waals surface area (Å²) >= 11 is 12.0. The van der Waals surface area contributed by atoms with Crippen molar-refractivity contribution in [2.24, 2.45) is 0 Å². The molecule has 0 aliphatic carbocycles. The minimum absolute atomic E-state index is 0.405. The van der Waals surface area contributed by atoms with Crippen molar-refractivity contribution in [3.05, 3.63) is 63.4 Å². The Kier molecular flexibility index (Phi) is 5.38. The average molecular weight is 311 g/mol. The molecule has 0 radical (unpaired) electrons.